The lowest BCUT2D eigenvalue weighted by molar-refractivity contribution is 0.669. The van der Waals surface area contributed by atoms with Gasteiger partial charge in [0.15, 0.2) is 0 Å². The molecule has 0 bridgehead atoms. The number of fused-ring (bicyclic) bond motifs is 6. The first-order valence-corrected chi connectivity index (χ1v) is 16.3. The van der Waals surface area contributed by atoms with E-state index in [4.69, 9.17) is 18.1 Å². The summed E-state index contributed by atoms with van der Waals surface area (Å²) in [6.07, 6.45) is -2.76. The molecule has 236 valence electrons. The van der Waals surface area contributed by atoms with Gasteiger partial charge < -0.3 is 4.42 Å². The van der Waals surface area contributed by atoms with Crippen LogP contribution in [0, 0.1) is 0 Å². The number of imidazole rings is 1. The van der Waals surface area contributed by atoms with Gasteiger partial charge in [0.1, 0.15) is 17.0 Å². The predicted molar refractivity (Wildman–Crippen MR) is 209 cm³/mol. The molecule has 3 heteroatoms. The standard InChI is InChI=1S/C47H32N2O/c1-2-44-48-40-19-9-10-20-41(40)49(44)33-26-23-31(24-27-33)45-34-15-6-7-16-35(34)46(39-29-32(25-28-36(39)45)30-13-4-3-5-14-30)38-18-12-22-43-47(38)37-17-8-11-21-42(37)50-43/h3-29H,2H2,1H3/i1D3,2D2,3D,4D,5D,13D,14D. The molecule has 0 fully saturated rings. The Balaban J connectivity index is 1.28. The van der Waals surface area contributed by atoms with Crippen LogP contribution in [0.4, 0.5) is 0 Å². The first-order valence-electron chi connectivity index (χ1n) is 21.3. The van der Waals surface area contributed by atoms with Gasteiger partial charge in [-0.3, -0.25) is 4.57 Å². The lowest BCUT2D eigenvalue weighted by Gasteiger charge is -2.19. The zero-order chi connectivity index (χ0) is 41.8. The summed E-state index contributed by atoms with van der Waals surface area (Å²) in [5.41, 5.74) is 7.05. The lowest BCUT2D eigenvalue weighted by Crippen LogP contribution is -2.00. The van der Waals surface area contributed by atoms with E-state index in [2.05, 4.69) is 23.2 Å². The van der Waals surface area contributed by atoms with Gasteiger partial charge in [-0.25, -0.2) is 4.98 Å². The Kier molecular flexibility index (Phi) is 4.56. The Hall–Kier alpha value is -6.45. The molecule has 10 rings (SSSR count). The van der Waals surface area contributed by atoms with Gasteiger partial charge in [-0.1, -0.05) is 128 Å². The summed E-state index contributed by atoms with van der Waals surface area (Å²) >= 11 is 0. The number of aromatic nitrogens is 2. The number of nitrogens with zero attached hydrogens (tertiary/aromatic N) is 2. The fraction of sp³-hybridized carbons (Fsp3) is 0.0426. The van der Waals surface area contributed by atoms with Crippen LogP contribution in [-0.4, -0.2) is 9.55 Å². The van der Waals surface area contributed by atoms with E-state index in [0.717, 1.165) is 60.2 Å². The highest BCUT2D eigenvalue weighted by Crippen LogP contribution is 2.47. The van der Waals surface area contributed by atoms with Crippen LogP contribution in [0.3, 0.4) is 0 Å². The molecule has 0 saturated heterocycles. The van der Waals surface area contributed by atoms with Crippen LogP contribution in [-0.2, 0) is 6.37 Å². The Morgan fingerprint density at radius 2 is 1.32 bits per heavy atom. The summed E-state index contributed by atoms with van der Waals surface area (Å²) in [5.74, 6) is -0.224. The zero-order valence-electron chi connectivity index (χ0n) is 36.5. The van der Waals surface area contributed by atoms with E-state index < -0.39 is 31.4 Å². The van der Waals surface area contributed by atoms with Gasteiger partial charge in [0.05, 0.1) is 17.9 Å². The maximum Gasteiger partial charge on any atom is 0.136 e. The summed E-state index contributed by atoms with van der Waals surface area (Å²) in [6.45, 7) is -2.98. The van der Waals surface area contributed by atoms with Crippen LogP contribution < -0.4 is 0 Å². The number of furan rings is 1. The summed E-state index contributed by atoms with van der Waals surface area (Å²) in [4.78, 5) is 4.49. The normalized spacial score (nSPS) is 15.2. The van der Waals surface area contributed by atoms with Crippen molar-refractivity contribution in [3.8, 4) is 39.1 Å². The topological polar surface area (TPSA) is 31.0 Å². The molecule has 0 atom stereocenters. The number of rotatable bonds is 5. The monoisotopic (exact) mass is 650 g/mol. The van der Waals surface area contributed by atoms with E-state index in [1.807, 2.05) is 84.9 Å². The largest absolute Gasteiger partial charge is 0.456 e. The van der Waals surface area contributed by atoms with E-state index in [1.54, 1.807) is 34.9 Å². The minimum Gasteiger partial charge on any atom is -0.456 e. The van der Waals surface area contributed by atoms with Crippen molar-refractivity contribution in [1.29, 1.82) is 0 Å². The van der Waals surface area contributed by atoms with Gasteiger partial charge in [0.2, 0.25) is 0 Å². The molecule has 2 aromatic heterocycles. The first kappa shape index (κ1) is 20.2. The van der Waals surface area contributed by atoms with Crippen LogP contribution in [0.25, 0.3) is 93.6 Å². The summed E-state index contributed by atoms with van der Waals surface area (Å²) in [5, 5.41) is 5.32. The number of para-hydroxylation sites is 3. The van der Waals surface area contributed by atoms with Crippen molar-refractivity contribution in [2.75, 3.05) is 0 Å². The highest BCUT2D eigenvalue weighted by Gasteiger charge is 2.21. The Bertz CT molecular complexity index is 3370. The van der Waals surface area contributed by atoms with Gasteiger partial charge in [-0.2, -0.15) is 0 Å². The Morgan fingerprint density at radius 3 is 2.16 bits per heavy atom. The van der Waals surface area contributed by atoms with Crippen LogP contribution in [0.1, 0.15) is 26.4 Å². The molecule has 2 heterocycles. The highest BCUT2D eigenvalue weighted by atomic mass is 16.3. The Labute approximate surface area is 303 Å². The molecule has 0 aliphatic heterocycles. The number of hydrogen-bond donors (Lipinski definition) is 0. The van der Waals surface area contributed by atoms with E-state index in [-0.39, 0.29) is 23.5 Å². The Morgan fingerprint density at radius 1 is 0.620 bits per heavy atom. The molecular weight excluding hydrogens is 609 g/mol. The fourth-order valence-electron chi connectivity index (χ4n) is 7.46. The van der Waals surface area contributed by atoms with E-state index >= 15 is 0 Å². The third-order valence-electron chi connectivity index (χ3n) is 9.57. The fourth-order valence-corrected chi connectivity index (χ4v) is 7.46. The first-order chi connectivity index (χ1) is 28.8. The number of hydrogen-bond acceptors (Lipinski definition) is 2. The summed E-state index contributed by atoms with van der Waals surface area (Å²) in [7, 11) is 0. The lowest BCUT2D eigenvalue weighted by atomic mass is 9.84. The minimum absolute atomic E-state index is 0.0974. The number of aryl methyl sites for hydroxylation is 1. The quantitative estimate of drug-likeness (QED) is 0.174. The predicted octanol–water partition coefficient (Wildman–Crippen LogP) is 12.8. The van der Waals surface area contributed by atoms with Gasteiger partial charge >= 0.3 is 0 Å². The molecule has 0 unspecified atom stereocenters. The van der Waals surface area contributed by atoms with Gasteiger partial charge in [-0.15, -0.1) is 0 Å². The zero-order valence-corrected chi connectivity index (χ0v) is 26.5. The van der Waals surface area contributed by atoms with Crippen molar-refractivity contribution in [3.05, 3.63) is 169 Å². The third kappa shape index (κ3) is 4.33. The molecule has 3 nitrogen and oxygen atoms in total. The second kappa shape index (κ2) is 11.3. The van der Waals surface area contributed by atoms with Crippen molar-refractivity contribution < 1.29 is 18.1 Å². The van der Waals surface area contributed by atoms with Gasteiger partial charge in [0, 0.05) is 29.7 Å². The second-order valence-corrected chi connectivity index (χ2v) is 12.3. The van der Waals surface area contributed by atoms with Crippen LogP contribution in [0.15, 0.2) is 168 Å². The molecule has 0 radical (unpaired) electrons. The minimum atomic E-state index is -2.98. The van der Waals surface area contributed by atoms with Crippen LogP contribution >= 0.6 is 0 Å². The van der Waals surface area contributed by atoms with Crippen LogP contribution in [0.2, 0.25) is 0 Å². The molecule has 0 saturated carbocycles. The van der Waals surface area contributed by atoms with Crippen molar-refractivity contribution in [3.63, 3.8) is 0 Å². The molecule has 8 aromatic carbocycles. The van der Waals surface area contributed by atoms with Crippen molar-refractivity contribution >= 4 is 54.5 Å². The highest BCUT2D eigenvalue weighted by molar-refractivity contribution is 6.26. The number of benzene rings is 8. The molecule has 50 heavy (non-hydrogen) atoms. The molecule has 0 aliphatic carbocycles. The molecule has 10 aromatic rings. The van der Waals surface area contributed by atoms with Crippen molar-refractivity contribution in [1.82, 2.24) is 9.55 Å². The summed E-state index contributed by atoms with van der Waals surface area (Å²) < 4.78 is 92.2. The molecule has 0 amide bonds. The molecule has 0 N–H and O–H groups in total. The van der Waals surface area contributed by atoms with E-state index in [0.29, 0.717) is 27.9 Å². The maximum absolute atomic E-state index is 8.86. The second-order valence-electron chi connectivity index (χ2n) is 12.3. The van der Waals surface area contributed by atoms with Crippen LogP contribution in [0.5, 0.6) is 0 Å². The molecule has 0 spiro atoms. The van der Waals surface area contributed by atoms with Gasteiger partial charge in [0.25, 0.3) is 0 Å². The smallest absolute Gasteiger partial charge is 0.136 e. The van der Waals surface area contributed by atoms with Crippen molar-refractivity contribution in [2.24, 2.45) is 0 Å². The average molecular weight is 651 g/mol. The van der Waals surface area contributed by atoms with E-state index in [9.17, 15) is 0 Å². The maximum atomic E-state index is 8.86. The average Bonchev–Trinajstić information content (AvgIpc) is 3.84. The van der Waals surface area contributed by atoms with Gasteiger partial charge in [-0.05, 0) is 97.4 Å². The third-order valence-corrected chi connectivity index (χ3v) is 9.57. The van der Waals surface area contributed by atoms with Crippen molar-refractivity contribution in [2.45, 2.75) is 13.2 Å². The molecule has 0 aliphatic rings. The summed E-state index contributed by atoms with van der Waals surface area (Å²) in [6, 6.07) is 40.2. The van der Waals surface area contributed by atoms with E-state index in [1.165, 1.54) is 0 Å². The molecular formula is C47H32N2O. The SMILES string of the molecule is [2H]c1c([2H])c([2H])c(-c2ccc3c(-c4ccc(-n5c(C([2H])([2H])C([2H])([2H])[2H])nc6ccccc65)cc4)c4ccccc4c(-c4cccc5oc6ccccc6c45)c3c2)c([2H])c1[2H].